The summed E-state index contributed by atoms with van der Waals surface area (Å²) in [7, 11) is 0. The summed E-state index contributed by atoms with van der Waals surface area (Å²) in [6.07, 6.45) is 2.93. The van der Waals surface area contributed by atoms with Gasteiger partial charge in [0.05, 0.1) is 23.5 Å². The number of anilines is 1. The molecule has 22 heavy (non-hydrogen) atoms. The van der Waals surface area contributed by atoms with Gasteiger partial charge in [0.1, 0.15) is 16.9 Å². The summed E-state index contributed by atoms with van der Waals surface area (Å²) in [6.45, 7) is 1.68. The lowest BCUT2D eigenvalue weighted by atomic mass is 10.0. The molecule has 0 saturated carbocycles. The molecule has 0 bridgehead atoms. The fourth-order valence-corrected chi connectivity index (χ4v) is 2.44. The Bertz CT molecular complexity index is 803. The molecule has 0 spiro atoms. The maximum absolute atomic E-state index is 14.5. The second-order valence-electron chi connectivity index (χ2n) is 5.22. The first-order valence-electron chi connectivity index (χ1n) is 6.72. The van der Waals surface area contributed by atoms with Crippen molar-refractivity contribution >= 4 is 28.2 Å². The quantitative estimate of drug-likeness (QED) is 0.764. The largest absolute Gasteiger partial charge is 0.466 e. The summed E-state index contributed by atoms with van der Waals surface area (Å²) < 4.78 is 19.7. The van der Waals surface area contributed by atoms with Crippen molar-refractivity contribution in [2.75, 3.05) is 11.9 Å². The maximum atomic E-state index is 14.5. The van der Waals surface area contributed by atoms with Gasteiger partial charge in [-0.15, -0.1) is 0 Å². The van der Waals surface area contributed by atoms with Gasteiger partial charge >= 0.3 is 0 Å². The van der Waals surface area contributed by atoms with E-state index in [4.69, 9.17) is 16.0 Å². The number of halogens is 2. The van der Waals surface area contributed by atoms with Crippen LogP contribution in [0.15, 0.2) is 47.2 Å². The second-order valence-corrected chi connectivity index (χ2v) is 5.63. The molecule has 0 radical (unpaired) electrons. The third kappa shape index (κ3) is 2.65. The average Bonchev–Trinajstić information content (AvgIpc) is 3.02. The molecule has 1 unspecified atom stereocenters. The van der Waals surface area contributed by atoms with Crippen molar-refractivity contribution < 1.29 is 13.9 Å². The minimum Gasteiger partial charge on any atom is -0.466 e. The number of aromatic nitrogens is 1. The standard InChI is InChI=1S/C16H14ClFN2O2/c1-16(21,13-3-2-8-22-13)9-20-12-5-4-10-11(17)6-7-19-15(10)14(12)18/h2-8,20-21H,9H2,1H3. The van der Waals surface area contributed by atoms with Crippen LogP contribution in [0.2, 0.25) is 5.02 Å². The van der Waals surface area contributed by atoms with Crippen LogP contribution in [0.4, 0.5) is 10.1 Å². The molecule has 2 aromatic heterocycles. The predicted molar refractivity (Wildman–Crippen MR) is 83.5 cm³/mol. The summed E-state index contributed by atoms with van der Waals surface area (Å²) >= 11 is 6.02. The van der Waals surface area contributed by atoms with Gasteiger partial charge in [-0.2, -0.15) is 0 Å². The van der Waals surface area contributed by atoms with E-state index < -0.39 is 11.4 Å². The van der Waals surface area contributed by atoms with Crippen LogP contribution in [-0.2, 0) is 5.60 Å². The normalized spacial score (nSPS) is 14.0. The average molecular weight is 321 g/mol. The van der Waals surface area contributed by atoms with Crippen molar-refractivity contribution in [1.29, 1.82) is 0 Å². The van der Waals surface area contributed by atoms with E-state index in [1.807, 2.05) is 0 Å². The van der Waals surface area contributed by atoms with Crippen LogP contribution in [0, 0.1) is 5.82 Å². The van der Waals surface area contributed by atoms with E-state index in [2.05, 4.69) is 10.3 Å². The number of furan rings is 1. The van der Waals surface area contributed by atoms with E-state index in [0.717, 1.165) is 0 Å². The molecule has 0 aliphatic rings. The number of nitrogens with zero attached hydrogens (tertiary/aromatic N) is 1. The minimum atomic E-state index is -1.26. The molecule has 6 heteroatoms. The lowest BCUT2D eigenvalue weighted by Crippen LogP contribution is -2.30. The van der Waals surface area contributed by atoms with Gasteiger partial charge in [-0.05, 0) is 37.3 Å². The Balaban J connectivity index is 1.87. The van der Waals surface area contributed by atoms with Gasteiger partial charge in [-0.25, -0.2) is 4.39 Å². The van der Waals surface area contributed by atoms with Crippen LogP contribution in [-0.4, -0.2) is 16.6 Å². The summed E-state index contributed by atoms with van der Waals surface area (Å²) in [5.41, 5.74) is -0.823. The van der Waals surface area contributed by atoms with Gasteiger partial charge in [0.15, 0.2) is 5.82 Å². The van der Waals surface area contributed by atoms with Gasteiger partial charge in [-0.3, -0.25) is 4.98 Å². The zero-order valence-corrected chi connectivity index (χ0v) is 12.6. The van der Waals surface area contributed by atoms with Crippen molar-refractivity contribution in [3.8, 4) is 0 Å². The van der Waals surface area contributed by atoms with Crippen LogP contribution in [0.25, 0.3) is 10.9 Å². The molecule has 1 atom stereocenters. The number of aliphatic hydroxyl groups is 1. The van der Waals surface area contributed by atoms with Crippen LogP contribution >= 0.6 is 11.6 Å². The molecule has 0 amide bonds. The van der Waals surface area contributed by atoms with E-state index in [1.165, 1.54) is 12.5 Å². The zero-order chi connectivity index (χ0) is 15.7. The zero-order valence-electron chi connectivity index (χ0n) is 11.8. The van der Waals surface area contributed by atoms with Crippen molar-refractivity contribution in [1.82, 2.24) is 4.98 Å². The van der Waals surface area contributed by atoms with Crippen LogP contribution in [0.3, 0.4) is 0 Å². The Morgan fingerprint density at radius 1 is 1.36 bits per heavy atom. The van der Waals surface area contributed by atoms with Gasteiger partial charge in [-0.1, -0.05) is 11.6 Å². The molecule has 3 rings (SSSR count). The highest BCUT2D eigenvalue weighted by atomic mass is 35.5. The number of benzene rings is 1. The van der Waals surface area contributed by atoms with E-state index >= 15 is 0 Å². The first-order valence-corrected chi connectivity index (χ1v) is 7.10. The number of hydrogen-bond acceptors (Lipinski definition) is 4. The highest BCUT2D eigenvalue weighted by Gasteiger charge is 2.26. The molecule has 2 heterocycles. The lowest BCUT2D eigenvalue weighted by Gasteiger charge is -2.22. The fourth-order valence-electron chi connectivity index (χ4n) is 2.23. The number of hydrogen-bond donors (Lipinski definition) is 2. The van der Waals surface area contributed by atoms with Gasteiger partial charge in [0.2, 0.25) is 0 Å². The van der Waals surface area contributed by atoms with Crippen LogP contribution in [0.1, 0.15) is 12.7 Å². The number of rotatable bonds is 4. The van der Waals surface area contributed by atoms with Crippen molar-refractivity contribution in [3.63, 3.8) is 0 Å². The highest BCUT2D eigenvalue weighted by Crippen LogP contribution is 2.29. The third-order valence-corrected chi connectivity index (χ3v) is 3.80. The molecule has 1 aromatic carbocycles. The molecular formula is C16H14ClFN2O2. The smallest absolute Gasteiger partial charge is 0.172 e. The topological polar surface area (TPSA) is 58.3 Å². The van der Waals surface area contributed by atoms with Gasteiger partial charge < -0.3 is 14.8 Å². The first kappa shape index (κ1) is 14.8. The summed E-state index contributed by atoms with van der Waals surface area (Å²) in [6, 6.07) is 8.23. The van der Waals surface area contributed by atoms with Crippen molar-refractivity contribution in [3.05, 3.63) is 59.4 Å². The molecule has 0 saturated heterocycles. The second kappa shape index (κ2) is 5.59. The fraction of sp³-hybridized carbons (Fsp3) is 0.188. The number of pyridine rings is 1. The Hall–Kier alpha value is -2.11. The molecule has 114 valence electrons. The highest BCUT2D eigenvalue weighted by molar-refractivity contribution is 6.35. The Kier molecular flexibility index (Phi) is 3.76. The monoisotopic (exact) mass is 320 g/mol. The van der Waals surface area contributed by atoms with Crippen LogP contribution in [0.5, 0.6) is 0 Å². The summed E-state index contributed by atoms with van der Waals surface area (Å²) in [4.78, 5) is 4.02. The van der Waals surface area contributed by atoms with Crippen molar-refractivity contribution in [2.45, 2.75) is 12.5 Å². The molecule has 0 aliphatic heterocycles. The summed E-state index contributed by atoms with van der Waals surface area (Å²) in [5, 5.41) is 14.2. The Labute approximate surface area is 131 Å². The van der Waals surface area contributed by atoms with Gasteiger partial charge in [0, 0.05) is 11.6 Å². The first-order chi connectivity index (χ1) is 10.5. The Morgan fingerprint density at radius 2 is 2.18 bits per heavy atom. The third-order valence-electron chi connectivity index (χ3n) is 3.47. The molecule has 0 aliphatic carbocycles. The molecular weight excluding hydrogens is 307 g/mol. The van der Waals surface area contributed by atoms with Crippen molar-refractivity contribution in [2.24, 2.45) is 0 Å². The minimum absolute atomic E-state index is 0.0868. The molecule has 4 nitrogen and oxygen atoms in total. The molecule has 2 N–H and O–H groups in total. The lowest BCUT2D eigenvalue weighted by molar-refractivity contribution is 0.0476. The number of fused-ring (bicyclic) bond motifs is 1. The van der Waals surface area contributed by atoms with E-state index in [1.54, 1.807) is 37.3 Å². The number of nitrogens with one attached hydrogen (secondary N) is 1. The Morgan fingerprint density at radius 3 is 2.91 bits per heavy atom. The molecule has 0 fully saturated rings. The van der Waals surface area contributed by atoms with E-state index in [0.29, 0.717) is 16.2 Å². The van der Waals surface area contributed by atoms with Crippen LogP contribution < -0.4 is 5.32 Å². The predicted octanol–water partition coefficient (Wildman–Crippen LogP) is 3.94. The maximum Gasteiger partial charge on any atom is 0.172 e. The van der Waals surface area contributed by atoms with Gasteiger partial charge in [0.25, 0.3) is 0 Å². The summed E-state index contributed by atoms with van der Waals surface area (Å²) in [5.74, 6) is -0.0994. The SMILES string of the molecule is CC(O)(CNc1ccc2c(Cl)ccnc2c1F)c1ccco1. The van der Waals surface area contributed by atoms with E-state index in [9.17, 15) is 9.50 Å². The van der Waals surface area contributed by atoms with E-state index in [-0.39, 0.29) is 17.7 Å². The molecule has 3 aromatic rings.